The number of fused-ring (bicyclic) bond motifs is 1. The molecule has 0 aromatic heterocycles. The second-order valence-corrected chi connectivity index (χ2v) is 6.18. The van der Waals surface area contributed by atoms with Gasteiger partial charge in [-0.25, -0.2) is 4.39 Å². The maximum atomic E-state index is 14.0. The maximum Gasteiger partial charge on any atom is 0.331 e. The van der Waals surface area contributed by atoms with Crippen molar-refractivity contribution < 1.29 is 19.3 Å². The predicted molar refractivity (Wildman–Crippen MR) is 82.4 cm³/mol. The van der Waals surface area contributed by atoms with Gasteiger partial charge in [0.2, 0.25) is 0 Å². The Labute approximate surface area is 124 Å². The van der Waals surface area contributed by atoms with Crippen molar-refractivity contribution in [2.45, 2.75) is 38.9 Å². The summed E-state index contributed by atoms with van der Waals surface area (Å²) in [5.74, 6) is -0.354. The lowest BCUT2D eigenvalue weighted by Crippen LogP contribution is -2.49. The fourth-order valence-electron chi connectivity index (χ4n) is 1.85. The van der Waals surface area contributed by atoms with Crippen LogP contribution in [0.3, 0.4) is 0 Å². The second kappa shape index (κ2) is 5.32. The monoisotopic (exact) mass is 289 g/mol. The molecular formula is C16H19BFO3. The molecule has 0 saturated carbocycles. The molecule has 5 heteroatoms. The van der Waals surface area contributed by atoms with E-state index in [1.54, 1.807) is 39.8 Å². The largest absolute Gasteiger partial charge is 0.508 e. The molecule has 0 atom stereocenters. The van der Waals surface area contributed by atoms with Crippen LogP contribution in [0.5, 0.6) is 5.75 Å². The van der Waals surface area contributed by atoms with Crippen LogP contribution in [0.15, 0.2) is 30.3 Å². The van der Waals surface area contributed by atoms with Crippen molar-refractivity contribution in [2.24, 2.45) is 0 Å². The summed E-state index contributed by atoms with van der Waals surface area (Å²) in [7, 11) is 1.38. The molecule has 0 heterocycles. The lowest BCUT2D eigenvalue weighted by atomic mass is 9.80. The number of halogens is 1. The number of hydrogen-bond donors (Lipinski definition) is 2. The standard InChI is InChI=1S/C16H19BFO3/c1-15(2,20)16(3,4)21-17-12-9-11(19)8-10-6-5-7-13(18)14(10)12/h5-9,19-20H,1-4H3. The first-order valence-electron chi connectivity index (χ1n) is 6.76. The van der Waals surface area contributed by atoms with Crippen LogP contribution in [0.2, 0.25) is 0 Å². The van der Waals surface area contributed by atoms with Crippen LogP contribution in [0.25, 0.3) is 10.8 Å². The number of phenolic OH excluding ortho intramolecular Hbond substituents is 1. The first-order valence-corrected chi connectivity index (χ1v) is 6.76. The zero-order chi connectivity index (χ0) is 15.8. The van der Waals surface area contributed by atoms with E-state index in [0.29, 0.717) is 16.2 Å². The van der Waals surface area contributed by atoms with Crippen LogP contribution < -0.4 is 5.46 Å². The van der Waals surface area contributed by atoms with Crippen LogP contribution in [-0.4, -0.2) is 28.9 Å². The van der Waals surface area contributed by atoms with Crippen LogP contribution in [0.1, 0.15) is 27.7 Å². The first kappa shape index (κ1) is 15.8. The Morgan fingerprint density at radius 3 is 2.43 bits per heavy atom. The maximum absolute atomic E-state index is 14.0. The Morgan fingerprint density at radius 2 is 1.81 bits per heavy atom. The average molecular weight is 289 g/mol. The third-order valence-corrected chi connectivity index (χ3v) is 3.90. The normalized spacial score (nSPS) is 12.7. The summed E-state index contributed by atoms with van der Waals surface area (Å²) in [5, 5.41) is 20.8. The smallest absolute Gasteiger partial charge is 0.331 e. The van der Waals surface area contributed by atoms with E-state index in [0.717, 1.165) is 0 Å². The molecule has 0 bridgehead atoms. The summed E-state index contributed by atoms with van der Waals surface area (Å²) in [5.41, 5.74) is -1.51. The summed E-state index contributed by atoms with van der Waals surface area (Å²) < 4.78 is 19.7. The first-order chi connectivity index (χ1) is 9.62. The summed E-state index contributed by atoms with van der Waals surface area (Å²) in [6, 6.07) is 7.60. The van der Waals surface area contributed by atoms with Gasteiger partial charge in [-0.05, 0) is 56.7 Å². The van der Waals surface area contributed by atoms with E-state index in [1.165, 1.54) is 25.7 Å². The minimum Gasteiger partial charge on any atom is -0.508 e. The molecule has 111 valence electrons. The summed E-state index contributed by atoms with van der Waals surface area (Å²) in [4.78, 5) is 0. The van der Waals surface area contributed by atoms with Gasteiger partial charge in [0.1, 0.15) is 11.6 Å². The predicted octanol–water partition coefficient (Wildman–Crippen LogP) is 2.50. The minimum absolute atomic E-state index is 0.0315. The molecule has 1 radical (unpaired) electrons. The molecule has 0 aliphatic rings. The summed E-state index contributed by atoms with van der Waals surface area (Å²) >= 11 is 0. The van der Waals surface area contributed by atoms with Crippen molar-refractivity contribution >= 4 is 23.7 Å². The number of aliphatic hydroxyl groups is 1. The third-order valence-electron chi connectivity index (χ3n) is 3.90. The van der Waals surface area contributed by atoms with Gasteiger partial charge in [-0.15, -0.1) is 0 Å². The molecule has 0 aliphatic heterocycles. The van der Waals surface area contributed by atoms with E-state index >= 15 is 0 Å². The van der Waals surface area contributed by atoms with Gasteiger partial charge in [-0.3, -0.25) is 0 Å². The van der Waals surface area contributed by atoms with Crippen LogP contribution in [0.4, 0.5) is 4.39 Å². The fraction of sp³-hybridized carbons (Fsp3) is 0.375. The van der Waals surface area contributed by atoms with Gasteiger partial charge in [0.05, 0.1) is 11.2 Å². The minimum atomic E-state index is -1.07. The molecule has 2 rings (SSSR count). The van der Waals surface area contributed by atoms with Gasteiger partial charge >= 0.3 is 7.48 Å². The highest BCUT2D eigenvalue weighted by Crippen LogP contribution is 2.25. The van der Waals surface area contributed by atoms with Crippen LogP contribution in [0, 0.1) is 5.82 Å². The van der Waals surface area contributed by atoms with Crippen molar-refractivity contribution in [1.82, 2.24) is 0 Å². The Morgan fingerprint density at radius 1 is 1.14 bits per heavy atom. The molecular weight excluding hydrogens is 270 g/mol. The van der Waals surface area contributed by atoms with Crippen LogP contribution >= 0.6 is 0 Å². The Kier molecular flexibility index (Phi) is 4.00. The zero-order valence-corrected chi connectivity index (χ0v) is 12.6. The number of aromatic hydroxyl groups is 1. The lowest BCUT2D eigenvalue weighted by Gasteiger charge is -2.37. The molecule has 0 spiro atoms. The molecule has 2 N–H and O–H groups in total. The summed E-state index contributed by atoms with van der Waals surface area (Å²) in [6.45, 7) is 6.76. The van der Waals surface area contributed by atoms with Crippen molar-refractivity contribution in [3.63, 3.8) is 0 Å². The molecule has 2 aromatic carbocycles. The van der Waals surface area contributed by atoms with E-state index in [2.05, 4.69) is 0 Å². The summed E-state index contributed by atoms with van der Waals surface area (Å²) in [6.07, 6.45) is 0. The van der Waals surface area contributed by atoms with E-state index in [4.69, 9.17) is 4.65 Å². The number of benzene rings is 2. The Hall–Kier alpha value is -1.59. The quantitative estimate of drug-likeness (QED) is 0.850. The van der Waals surface area contributed by atoms with Crippen molar-refractivity contribution in [3.05, 3.63) is 36.1 Å². The Bertz CT molecular complexity index is 662. The van der Waals surface area contributed by atoms with Gasteiger partial charge in [0, 0.05) is 5.39 Å². The molecule has 2 aromatic rings. The van der Waals surface area contributed by atoms with E-state index < -0.39 is 11.2 Å². The number of hydrogen-bond acceptors (Lipinski definition) is 3. The molecule has 0 aliphatic carbocycles. The highest BCUT2D eigenvalue weighted by molar-refractivity contribution is 6.51. The van der Waals surface area contributed by atoms with Gasteiger partial charge in [0.15, 0.2) is 0 Å². The van der Waals surface area contributed by atoms with Crippen molar-refractivity contribution in [3.8, 4) is 5.75 Å². The Balaban J connectivity index is 2.39. The molecule has 0 saturated heterocycles. The van der Waals surface area contributed by atoms with Gasteiger partial charge in [0.25, 0.3) is 0 Å². The third kappa shape index (κ3) is 3.19. The zero-order valence-electron chi connectivity index (χ0n) is 12.6. The van der Waals surface area contributed by atoms with Crippen molar-refractivity contribution in [2.75, 3.05) is 0 Å². The molecule has 0 amide bonds. The number of rotatable bonds is 4. The highest BCUT2D eigenvalue weighted by Gasteiger charge is 2.35. The van der Waals surface area contributed by atoms with E-state index in [-0.39, 0.29) is 11.6 Å². The van der Waals surface area contributed by atoms with Crippen LogP contribution in [-0.2, 0) is 4.65 Å². The van der Waals surface area contributed by atoms with E-state index in [1.807, 2.05) is 0 Å². The molecule has 0 unspecified atom stereocenters. The molecule has 3 nitrogen and oxygen atoms in total. The fourth-order valence-corrected chi connectivity index (χ4v) is 1.85. The number of phenols is 1. The molecule has 0 fully saturated rings. The van der Waals surface area contributed by atoms with Gasteiger partial charge in [-0.2, -0.15) is 0 Å². The molecule has 21 heavy (non-hydrogen) atoms. The van der Waals surface area contributed by atoms with Gasteiger partial charge in [-0.1, -0.05) is 12.1 Å². The lowest BCUT2D eigenvalue weighted by molar-refractivity contribution is -0.0893. The average Bonchev–Trinajstić information content (AvgIpc) is 2.34. The van der Waals surface area contributed by atoms with E-state index in [9.17, 15) is 14.6 Å². The van der Waals surface area contributed by atoms with Gasteiger partial charge < -0.3 is 14.9 Å². The highest BCUT2D eigenvalue weighted by atomic mass is 19.1. The SMILES string of the molecule is CC(C)(O)C(C)(C)O[B]c1cc(O)cc2cccc(F)c12. The van der Waals surface area contributed by atoms with Crippen molar-refractivity contribution in [1.29, 1.82) is 0 Å². The topological polar surface area (TPSA) is 49.7 Å². The second-order valence-electron chi connectivity index (χ2n) is 6.18.